The average molecular weight is 237 g/mol. The number of terminal acetylenes is 1. The third-order valence-electron chi connectivity index (χ3n) is 1.97. The molecule has 0 amide bonds. The van der Waals surface area contributed by atoms with Crippen molar-refractivity contribution >= 4 is 5.97 Å². The Balaban J connectivity index is 3.80. The molecule has 0 aromatic heterocycles. The summed E-state index contributed by atoms with van der Waals surface area (Å²) in [7, 11) is 0. The quantitative estimate of drug-likeness (QED) is 0.522. The molecular formula is C10H14F3NO2. The van der Waals surface area contributed by atoms with Crippen molar-refractivity contribution in [3.05, 3.63) is 0 Å². The summed E-state index contributed by atoms with van der Waals surface area (Å²) in [5.41, 5.74) is 0. The van der Waals surface area contributed by atoms with E-state index in [2.05, 4.69) is 11.2 Å². The standard InChI is InChI=1S/C10H14F3NO2/c1-2-3-4-5-6-14-7-8(9(15)16)10(11,12)13/h1,8,14H,3-7H2,(H,15,16). The number of hydrogen-bond acceptors (Lipinski definition) is 2. The van der Waals surface area contributed by atoms with Gasteiger partial charge in [-0.1, -0.05) is 0 Å². The summed E-state index contributed by atoms with van der Waals surface area (Å²) >= 11 is 0. The molecule has 0 aliphatic carbocycles. The molecule has 0 fully saturated rings. The Labute approximate surface area is 92.0 Å². The van der Waals surface area contributed by atoms with Crippen molar-refractivity contribution in [2.75, 3.05) is 13.1 Å². The minimum atomic E-state index is -4.71. The first-order valence-corrected chi connectivity index (χ1v) is 4.83. The van der Waals surface area contributed by atoms with Gasteiger partial charge in [0.2, 0.25) is 0 Å². The summed E-state index contributed by atoms with van der Waals surface area (Å²) in [6.07, 6.45) is 2.20. The van der Waals surface area contributed by atoms with Gasteiger partial charge in [0.1, 0.15) is 0 Å². The normalized spacial score (nSPS) is 13.1. The highest BCUT2D eigenvalue weighted by Crippen LogP contribution is 2.25. The highest BCUT2D eigenvalue weighted by Gasteiger charge is 2.44. The lowest BCUT2D eigenvalue weighted by molar-refractivity contribution is -0.192. The highest BCUT2D eigenvalue weighted by atomic mass is 19.4. The van der Waals surface area contributed by atoms with E-state index in [1.165, 1.54) is 0 Å². The zero-order valence-corrected chi connectivity index (χ0v) is 8.68. The first-order valence-electron chi connectivity index (χ1n) is 4.83. The fourth-order valence-electron chi connectivity index (χ4n) is 1.07. The predicted octanol–water partition coefficient (Wildman–Crippen LogP) is 1.64. The maximum atomic E-state index is 12.2. The molecule has 0 heterocycles. The van der Waals surface area contributed by atoms with Gasteiger partial charge in [0.25, 0.3) is 0 Å². The van der Waals surface area contributed by atoms with Crippen LogP contribution >= 0.6 is 0 Å². The van der Waals surface area contributed by atoms with Crippen LogP contribution in [0.2, 0.25) is 0 Å². The predicted molar refractivity (Wildman–Crippen MR) is 52.7 cm³/mol. The molecule has 16 heavy (non-hydrogen) atoms. The summed E-state index contributed by atoms with van der Waals surface area (Å²) in [6, 6.07) is 0. The van der Waals surface area contributed by atoms with Crippen molar-refractivity contribution < 1.29 is 23.1 Å². The highest BCUT2D eigenvalue weighted by molar-refractivity contribution is 5.71. The Morgan fingerprint density at radius 2 is 2.06 bits per heavy atom. The van der Waals surface area contributed by atoms with Crippen molar-refractivity contribution in [2.24, 2.45) is 5.92 Å². The van der Waals surface area contributed by atoms with Crippen LogP contribution in [0.4, 0.5) is 13.2 Å². The van der Waals surface area contributed by atoms with Crippen molar-refractivity contribution in [2.45, 2.75) is 25.4 Å². The first kappa shape index (κ1) is 14.8. The SMILES string of the molecule is C#CCCCCNCC(C(=O)O)C(F)(F)F. The largest absolute Gasteiger partial charge is 0.481 e. The van der Waals surface area contributed by atoms with E-state index in [1.54, 1.807) is 0 Å². The van der Waals surface area contributed by atoms with Gasteiger partial charge >= 0.3 is 12.1 Å². The van der Waals surface area contributed by atoms with E-state index in [-0.39, 0.29) is 0 Å². The number of rotatable bonds is 7. The molecule has 0 aliphatic rings. The summed E-state index contributed by atoms with van der Waals surface area (Å²) < 4.78 is 36.5. The van der Waals surface area contributed by atoms with Crippen LogP contribution in [0.15, 0.2) is 0 Å². The van der Waals surface area contributed by atoms with Crippen LogP contribution in [-0.4, -0.2) is 30.3 Å². The molecule has 0 radical (unpaired) electrons. The molecule has 0 saturated carbocycles. The number of nitrogens with one attached hydrogen (secondary N) is 1. The minimum absolute atomic E-state index is 0.335. The number of unbranched alkanes of at least 4 members (excludes halogenated alkanes) is 2. The summed E-state index contributed by atoms with van der Waals surface area (Å²) in [5.74, 6) is -1.80. The maximum absolute atomic E-state index is 12.2. The zero-order chi connectivity index (χ0) is 12.6. The molecular weight excluding hydrogens is 223 g/mol. The summed E-state index contributed by atoms with van der Waals surface area (Å²) in [6.45, 7) is -0.267. The van der Waals surface area contributed by atoms with Crippen LogP contribution in [0.25, 0.3) is 0 Å². The molecule has 6 heteroatoms. The topological polar surface area (TPSA) is 49.3 Å². The Morgan fingerprint density at radius 3 is 2.50 bits per heavy atom. The van der Waals surface area contributed by atoms with Gasteiger partial charge in [-0.05, 0) is 19.4 Å². The van der Waals surface area contributed by atoms with Gasteiger partial charge in [-0.25, -0.2) is 0 Å². The van der Waals surface area contributed by atoms with Gasteiger partial charge in [0.15, 0.2) is 5.92 Å². The monoisotopic (exact) mass is 237 g/mol. The van der Waals surface area contributed by atoms with E-state index in [0.29, 0.717) is 25.8 Å². The van der Waals surface area contributed by atoms with Crippen LogP contribution in [0.1, 0.15) is 19.3 Å². The van der Waals surface area contributed by atoms with Crippen LogP contribution in [-0.2, 0) is 4.79 Å². The smallest absolute Gasteiger partial charge is 0.403 e. The lowest BCUT2D eigenvalue weighted by atomic mass is 10.1. The minimum Gasteiger partial charge on any atom is -0.481 e. The van der Waals surface area contributed by atoms with E-state index in [4.69, 9.17) is 11.5 Å². The Hall–Kier alpha value is -1.22. The Kier molecular flexibility index (Phi) is 6.58. The lowest BCUT2D eigenvalue weighted by Crippen LogP contribution is -2.39. The maximum Gasteiger partial charge on any atom is 0.403 e. The molecule has 0 rings (SSSR count). The van der Waals surface area contributed by atoms with E-state index in [1.807, 2.05) is 0 Å². The third kappa shape index (κ3) is 6.30. The molecule has 3 nitrogen and oxygen atoms in total. The van der Waals surface area contributed by atoms with Gasteiger partial charge in [0.05, 0.1) is 0 Å². The first-order chi connectivity index (χ1) is 7.39. The van der Waals surface area contributed by atoms with E-state index < -0.39 is 24.6 Å². The van der Waals surface area contributed by atoms with Crippen molar-refractivity contribution in [1.29, 1.82) is 0 Å². The van der Waals surface area contributed by atoms with Crippen molar-refractivity contribution in [1.82, 2.24) is 5.32 Å². The van der Waals surface area contributed by atoms with Gasteiger partial charge in [0, 0.05) is 13.0 Å². The number of aliphatic carboxylic acids is 1. The van der Waals surface area contributed by atoms with Crippen LogP contribution in [0.5, 0.6) is 0 Å². The van der Waals surface area contributed by atoms with Crippen molar-refractivity contribution in [3.8, 4) is 12.3 Å². The second kappa shape index (κ2) is 7.12. The number of carboxylic acid groups (broad SMARTS) is 1. The Morgan fingerprint density at radius 1 is 1.44 bits per heavy atom. The number of halogens is 3. The molecule has 0 aliphatic heterocycles. The van der Waals surface area contributed by atoms with E-state index >= 15 is 0 Å². The fraction of sp³-hybridized carbons (Fsp3) is 0.700. The second-order valence-corrected chi connectivity index (χ2v) is 3.30. The Bertz CT molecular complexity index is 258. The summed E-state index contributed by atoms with van der Waals surface area (Å²) in [5, 5.41) is 10.8. The zero-order valence-electron chi connectivity index (χ0n) is 8.68. The van der Waals surface area contributed by atoms with Crippen LogP contribution < -0.4 is 5.32 Å². The molecule has 2 N–H and O–H groups in total. The molecule has 92 valence electrons. The fourth-order valence-corrected chi connectivity index (χ4v) is 1.07. The molecule has 1 atom stereocenters. The van der Waals surface area contributed by atoms with Gasteiger partial charge in [-0.15, -0.1) is 12.3 Å². The van der Waals surface area contributed by atoms with E-state index in [9.17, 15) is 18.0 Å². The van der Waals surface area contributed by atoms with Crippen molar-refractivity contribution in [3.63, 3.8) is 0 Å². The number of carbonyl (C=O) groups is 1. The number of hydrogen-bond donors (Lipinski definition) is 2. The molecule has 0 spiro atoms. The van der Waals surface area contributed by atoms with E-state index in [0.717, 1.165) is 0 Å². The molecule has 0 saturated heterocycles. The third-order valence-corrected chi connectivity index (χ3v) is 1.97. The van der Waals surface area contributed by atoms with Gasteiger partial charge in [-0.2, -0.15) is 13.2 Å². The average Bonchev–Trinajstić information content (AvgIpc) is 2.13. The molecule has 0 aromatic carbocycles. The number of carboxylic acids is 1. The van der Waals surface area contributed by atoms with Crippen LogP contribution in [0, 0.1) is 18.3 Å². The number of alkyl halides is 3. The summed E-state index contributed by atoms with van der Waals surface area (Å²) in [4.78, 5) is 10.3. The lowest BCUT2D eigenvalue weighted by Gasteiger charge is -2.16. The molecule has 1 unspecified atom stereocenters. The molecule has 0 aromatic rings. The van der Waals surface area contributed by atoms with Gasteiger partial charge in [-0.3, -0.25) is 4.79 Å². The second-order valence-electron chi connectivity index (χ2n) is 3.30. The van der Waals surface area contributed by atoms with Crippen LogP contribution in [0.3, 0.4) is 0 Å². The molecule has 0 bridgehead atoms. The van der Waals surface area contributed by atoms with Gasteiger partial charge < -0.3 is 10.4 Å².